The molecule has 0 bridgehead atoms. The highest BCUT2D eigenvalue weighted by Gasteiger charge is 2.11. The normalized spacial score (nSPS) is 14.5. The Hall–Kier alpha value is -1.30. The van der Waals surface area contributed by atoms with Crippen molar-refractivity contribution in [3.05, 3.63) is 46.7 Å². The van der Waals surface area contributed by atoms with Crippen LogP contribution in [0.5, 0.6) is 0 Å². The maximum atomic E-state index is 9.96. The van der Waals surface area contributed by atoms with Crippen molar-refractivity contribution in [2.45, 2.75) is 19.1 Å². The van der Waals surface area contributed by atoms with Crippen LogP contribution in [0, 0.1) is 0 Å². The molecule has 0 aromatic carbocycles. The van der Waals surface area contributed by atoms with Crippen molar-refractivity contribution in [3.63, 3.8) is 0 Å². The van der Waals surface area contributed by atoms with Crippen molar-refractivity contribution in [2.24, 2.45) is 0 Å². The summed E-state index contributed by atoms with van der Waals surface area (Å²) in [6.07, 6.45) is 4.64. The second-order valence-electron chi connectivity index (χ2n) is 3.80. The molecule has 17 heavy (non-hydrogen) atoms. The lowest BCUT2D eigenvalue weighted by Gasteiger charge is -2.15. The summed E-state index contributed by atoms with van der Waals surface area (Å²) in [6.45, 7) is 2.54. The van der Waals surface area contributed by atoms with E-state index in [1.807, 2.05) is 24.4 Å². The molecule has 2 rings (SSSR count). The first-order valence-electron chi connectivity index (χ1n) is 5.48. The monoisotopic (exact) mass is 249 g/mol. The van der Waals surface area contributed by atoms with Crippen molar-refractivity contribution in [3.8, 4) is 0 Å². The first kappa shape index (κ1) is 12.2. The van der Waals surface area contributed by atoms with E-state index in [1.165, 1.54) is 0 Å². The first-order valence-corrected chi connectivity index (χ1v) is 6.36. The summed E-state index contributed by atoms with van der Waals surface area (Å²) < 4.78 is 0. The van der Waals surface area contributed by atoms with Gasteiger partial charge in [-0.05, 0) is 24.6 Å². The van der Waals surface area contributed by atoms with Gasteiger partial charge in [0.05, 0.1) is 12.1 Å². The van der Waals surface area contributed by atoms with Crippen molar-refractivity contribution in [2.75, 3.05) is 6.54 Å². The molecule has 0 saturated carbocycles. The predicted molar refractivity (Wildman–Crippen MR) is 67.7 cm³/mol. The van der Waals surface area contributed by atoms with Gasteiger partial charge in [-0.25, -0.2) is 4.98 Å². The molecular formula is C12H15N3OS. The van der Waals surface area contributed by atoms with Gasteiger partial charge in [0, 0.05) is 30.5 Å². The van der Waals surface area contributed by atoms with Crippen LogP contribution in [-0.4, -0.2) is 21.6 Å². The van der Waals surface area contributed by atoms with Crippen molar-refractivity contribution in [1.82, 2.24) is 15.3 Å². The molecule has 2 aromatic rings. The molecule has 2 N–H and O–H groups in total. The molecule has 0 spiro atoms. The van der Waals surface area contributed by atoms with E-state index in [-0.39, 0.29) is 6.04 Å². The van der Waals surface area contributed by atoms with Crippen molar-refractivity contribution < 1.29 is 5.11 Å². The number of pyridine rings is 1. The molecule has 0 saturated heterocycles. The van der Waals surface area contributed by atoms with E-state index < -0.39 is 6.10 Å². The summed E-state index contributed by atoms with van der Waals surface area (Å²) in [5.41, 5.74) is 0.874. The molecule has 4 nitrogen and oxygen atoms in total. The summed E-state index contributed by atoms with van der Waals surface area (Å²) in [7, 11) is 0. The van der Waals surface area contributed by atoms with Crippen molar-refractivity contribution in [1.29, 1.82) is 0 Å². The Kier molecular flexibility index (Phi) is 4.19. The molecule has 0 aliphatic heterocycles. The van der Waals surface area contributed by atoms with Gasteiger partial charge >= 0.3 is 0 Å². The van der Waals surface area contributed by atoms with Crippen LogP contribution in [0.3, 0.4) is 0 Å². The fourth-order valence-corrected chi connectivity index (χ4v) is 2.20. The van der Waals surface area contributed by atoms with E-state index in [0.717, 1.165) is 10.6 Å². The van der Waals surface area contributed by atoms with E-state index >= 15 is 0 Å². The zero-order valence-corrected chi connectivity index (χ0v) is 10.4. The topological polar surface area (TPSA) is 58.0 Å². The third-order valence-corrected chi connectivity index (χ3v) is 3.49. The SMILES string of the molecule is CC(NCC(O)c1ccncc1)c1nccs1. The molecule has 5 heteroatoms. The van der Waals surface area contributed by atoms with E-state index in [0.29, 0.717) is 6.54 Å². The molecular weight excluding hydrogens is 234 g/mol. The molecule has 0 aliphatic carbocycles. The summed E-state index contributed by atoms with van der Waals surface area (Å²) in [4.78, 5) is 8.16. The summed E-state index contributed by atoms with van der Waals surface area (Å²) in [5.74, 6) is 0. The van der Waals surface area contributed by atoms with Gasteiger partial charge in [0.2, 0.25) is 0 Å². The van der Waals surface area contributed by atoms with Crippen LogP contribution in [0.2, 0.25) is 0 Å². The van der Waals surface area contributed by atoms with Crippen LogP contribution < -0.4 is 5.32 Å². The smallest absolute Gasteiger partial charge is 0.109 e. The maximum Gasteiger partial charge on any atom is 0.109 e. The van der Waals surface area contributed by atoms with Crippen LogP contribution in [-0.2, 0) is 0 Å². The average Bonchev–Trinajstić information content (AvgIpc) is 2.90. The standard InChI is InChI=1S/C12H15N3OS/c1-9(12-14-6-7-17-12)15-8-11(16)10-2-4-13-5-3-10/h2-7,9,11,15-16H,8H2,1H3. The Bertz CT molecular complexity index is 432. The van der Waals surface area contributed by atoms with Crippen LogP contribution in [0.25, 0.3) is 0 Å². The average molecular weight is 249 g/mol. The van der Waals surface area contributed by atoms with Crippen LogP contribution in [0.1, 0.15) is 29.6 Å². The zero-order valence-electron chi connectivity index (χ0n) is 9.58. The van der Waals surface area contributed by atoms with Gasteiger partial charge in [-0.3, -0.25) is 4.98 Å². The number of nitrogens with one attached hydrogen (secondary N) is 1. The lowest BCUT2D eigenvalue weighted by Crippen LogP contribution is -2.24. The Morgan fingerprint density at radius 2 is 2.12 bits per heavy atom. The Balaban J connectivity index is 1.86. The minimum atomic E-state index is -0.514. The number of aromatic nitrogens is 2. The Morgan fingerprint density at radius 3 is 2.76 bits per heavy atom. The van der Waals surface area contributed by atoms with E-state index in [4.69, 9.17) is 0 Å². The molecule has 90 valence electrons. The Labute approximate surface area is 104 Å². The first-order chi connectivity index (χ1) is 8.27. The van der Waals surface area contributed by atoms with Gasteiger partial charge in [-0.15, -0.1) is 11.3 Å². The van der Waals surface area contributed by atoms with Crippen LogP contribution >= 0.6 is 11.3 Å². The molecule has 0 radical (unpaired) electrons. The zero-order chi connectivity index (χ0) is 12.1. The second kappa shape index (κ2) is 5.86. The largest absolute Gasteiger partial charge is 0.387 e. The highest BCUT2D eigenvalue weighted by atomic mass is 32.1. The van der Waals surface area contributed by atoms with Crippen molar-refractivity contribution >= 4 is 11.3 Å². The lowest BCUT2D eigenvalue weighted by molar-refractivity contribution is 0.170. The van der Waals surface area contributed by atoms with Gasteiger partial charge < -0.3 is 10.4 Å². The minimum absolute atomic E-state index is 0.159. The molecule has 0 fully saturated rings. The number of hydrogen-bond acceptors (Lipinski definition) is 5. The number of aliphatic hydroxyl groups excluding tert-OH is 1. The maximum absolute atomic E-state index is 9.96. The quantitative estimate of drug-likeness (QED) is 0.850. The number of thiazole rings is 1. The Morgan fingerprint density at radius 1 is 1.35 bits per heavy atom. The number of aliphatic hydroxyl groups is 1. The number of nitrogens with zero attached hydrogens (tertiary/aromatic N) is 2. The highest BCUT2D eigenvalue weighted by Crippen LogP contribution is 2.16. The summed E-state index contributed by atoms with van der Waals surface area (Å²) >= 11 is 1.61. The number of rotatable bonds is 5. The van der Waals surface area contributed by atoms with E-state index in [9.17, 15) is 5.11 Å². The van der Waals surface area contributed by atoms with Gasteiger partial charge in [-0.2, -0.15) is 0 Å². The van der Waals surface area contributed by atoms with Gasteiger partial charge in [0.25, 0.3) is 0 Å². The second-order valence-corrected chi connectivity index (χ2v) is 4.72. The fraction of sp³-hybridized carbons (Fsp3) is 0.333. The van der Waals surface area contributed by atoms with Crippen LogP contribution in [0.4, 0.5) is 0 Å². The summed E-state index contributed by atoms with van der Waals surface area (Å²) in [6, 6.07) is 3.80. The molecule has 0 aliphatic rings. The van der Waals surface area contributed by atoms with E-state index in [2.05, 4.69) is 15.3 Å². The predicted octanol–water partition coefficient (Wildman–Crippen LogP) is 1.92. The summed E-state index contributed by atoms with van der Waals surface area (Å²) in [5, 5.41) is 16.2. The third kappa shape index (κ3) is 3.33. The molecule has 2 atom stereocenters. The minimum Gasteiger partial charge on any atom is -0.387 e. The van der Waals surface area contributed by atoms with E-state index in [1.54, 1.807) is 29.9 Å². The molecule has 2 heterocycles. The van der Waals surface area contributed by atoms with Gasteiger partial charge in [0.1, 0.15) is 5.01 Å². The molecule has 0 amide bonds. The lowest BCUT2D eigenvalue weighted by atomic mass is 10.1. The number of hydrogen-bond donors (Lipinski definition) is 2. The molecule has 2 aromatic heterocycles. The van der Waals surface area contributed by atoms with Gasteiger partial charge in [-0.1, -0.05) is 0 Å². The van der Waals surface area contributed by atoms with Crippen LogP contribution in [0.15, 0.2) is 36.1 Å². The fourth-order valence-electron chi connectivity index (χ4n) is 1.53. The molecule has 2 unspecified atom stereocenters. The van der Waals surface area contributed by atoms with Gasteiger partial charge in [0.15, 0.2) is 0 Å². The highest BCUT2D eigenvalue weighted by molar-refractivity contribution is 7.09. The third-order valence-electron chi connectivity index (χ3n) is 2.53.